The van der Waals surface area contributed by atoms with Crippen LogP contribution in [0.25, 0.3) is 0 Å². The molecule has 1 nitrogen and oxygen atoms in total. The molecule has 1 aliphatic rings. The van der Waals surface area contributed by atoms with Crippen LogP contribution in [0, 0.1) is 0 Å². The van der Waals surface area contributed by atoms with Gasteiger partial charge in [0.15, 0.2) is 0 Å². The minimum atomic E-state index is -8.13. The van der Waals surface area contributed by atoms with Crippen LogP contribution in [0.15, 0.2) is 0 Å². The predicted molar refractivity (Wildman–Crippen MR) is 47.3 cm³/mol. The molecular formula is C8ClF16N. The van der Waals surface area contributed by atoms with Crippen molar-refractivity contribution in [3.05, 3.63) is 0 Å². The molecule has 0 aromatic carbocycles. The number of hydrogen-bond acceptors (Lipinski definition) is 1. The summed E-state index contributed by atoms with van der Waals surface area (Å²) in [5, 5.41) is -6.80. The number of rotatable bonds is 2. The van der Waals surface area contributed by atoms with Crippen molar-refractivity contribution in [1.82, 2.24) is 4.90 Å². The molecule has 156 valence electrons. The average molecular weight is 450 g/mol. The van der Waals surface area contributed by atoms with Crippen LogP contribution in [0.2, 0.25) is 0 Å². The van der Waals surface area contributed by atoms with Crippen molar-refractivity contribution in [3.63, 3.8) is 0 Å². The van der Waals surface area contributed by atoms with E-state index in [0.29, 0.717) is 0 Å². The Morgan fingerprint density at radius 3 is 0.923 bits per heavy atom. The smallest absolute Gasteiger partial charge is 0.192 e. The standard InChI is InChI=1S/C8ClF16N/c9-5(18,19)8(24,25)26-6(20,21)3(14,15)1(10,11)2(12,13)4(16,17)7(26,22)23. The van der Waals surface area contributed by atoms with E-state index in [1.807, 2.05) is 0 Å². The summed E-state index contributed by atoms with van der Waals surface area (Å²) in [5.41, 5.74) is 0. The van der Waals surface area contributed by atoms with E-state index in [1.165, 1.54) is 0 Å². The van der Waals surface area contributed by atoms with Crippen LogP contribution in [-0.2, 0) is 0 Å². The summed E-state index contributed by atoms with van der Waals surface area (Å²) >= 11 is 3.44. The van der Waals surface area contributed by atoms with E-state index >= 15 is 0 Å². The van der Waals surface area contributed by atoms with Gasteiger partial charge in [0.2, 0.25) is 0 Å². The molecule has 1 fully saturated rings. The normalized spacial score (nSPS) is 29.9. The zero-order chi connectivity index (χ0) is 21.6. The van der Waals surface area contributed by atoms with Gasteiger partial charge in [-0.05, 0) is 11.6 Å². The molecule has 1 heterocycles. The highest BCUT2D eigenvalue weighted by atomic mass is 35.5. The van der Waals surface area contributed by atoms with Crippen molar-refractivity contribution in [3.8, 4) is 0 Å². The Hall–Kier alpha value is -0.870. The third-order valence-corrected chi connectivity index (χ3v) is 3.35. The number of likely N-dealkylation sites (tertiary alicyclic amines) is 1. The summed E-state index contributed by atoms with van der Waals surface area (Å²) in [5.74, 6) is -32.5. The highest BCUT2D eigenvalue weighted by Gasteiger charge is 2.99. The maximum Gasteiger partial charge on any atom is 0.399 e. The molecule has 18 heteroatoms. The average Bonchev–Trinajstić information content (AvgIpc) is 2.34. The number of hydrogen-bond donors (Lipinski definition) is 0. The van der Waals surface area contributed by atoms with Crippen molar-refractivity contribution in [2.45, 2.75) is 47.2 Å². The van der Waals surface area contributed by atoms with Gasteiger partial charge in [-0.3, -0.25) is 0 Å². The number of nitrogens with zero attached hydrogens (tertiary/aromatic N) is 1. The molecule has 0 saturated carbocycles. The predicted octanol–water partition coefficient (Wildman–Crippen LogP) is 5.45. The van der Waals surface area contributed by atoms with Crippen LogP contribution in [0.5, 0.6) is 0 Å². The third kappa shape index (κ3) is 2.24. The van der Waals surface area contributed by atoms with Crippen LogP contribution in [0.1, 0.15) is 0 Å². The molecule has 0 unspecified atom stereocenters. The van der Waals surface area contributed by atoms with E-state index < -0.39 is 52.1 Å². The maximum absolute atomic E-state index is 13.3. The molecule has 0 amide bonds. The molecule has 0 N–H and O–H groups in total. The summed E-state index contributed by atoms with van der Waals surface area (Å²) in [6.45, 7) is 0. The molecule has 0 aromatic heterocycles. The van der Waals surface area contributed by atoms with Gasteiger partial charge in [-0.15, -0.1) is 4.90 Å². The van der Waals surface area contributed by atoms with E-state index in [4.69, 9.17) is 0 Å². The first-order valence-electron chi connectivity index (χ1n) is 5.38. The fourth-order valence-electron chi connectivity index (χ4n) is 1.71. The lowest BCUT2D eigenvalue weighted by Gasteiger charge is -2.43. The molecule has 0 spiro atoms. The first-order chi connectivity index (χ1) is 10.9. The minimum Gasteiger partial charge on any atom is -0.192 e. The second-order valence-electron chi connectivity index (χ2n) is 4.75. The monoisotopic (exact) mass is 449 g/mol. The van der Waals surface area contributed by atoms with Gasteiger partial charge in [0.1, 0.15) is 0 Å². The summed E-state index contributed by atoms with van der Waals surface area (Å²) < 4.78 is 208. The van der Waals surface area contributed by atoms with Crippen molar-refractivity contribution in [2.24, 2.45) is 0 Å². The minimum absolute atomic E-state index is 3.44. The molecule has 0 aromatic rings. The molecule has 1 saturated heterocycles. The fraction of sp³-hybridized carbons (Fsp3) is 1.00. The second-order valence-corrected chi connectivity index (χ2v) is 5.23. The molecule has 26 heavy (non-hydrogen) atoms. The lowest BCUT2D eigenvalue weighted by molar-refractivity contribution is -0.459. The molecule has 0 atom stereocenters. The molecular weight excluding hydrogens is 450 g/mol. The Morgan fingerprint density at radius 1 is 0.500 bits per heavy atom. The van der Waals surface area contributed by atoms with Crippen LogP contribution in [0.4, 0.5) is 70.2 Å². The van der Waals surface area contributed by atoms with Gasteiger partial charge in [0.25, 0.3) is 0 Å². The number of halogens is 17. The zero-order valence-electron chi connectivity index (χ0n) is 10.9. The molecule has 0 radical (unpaired) electrons. The summed E-state index contributed by atoms with van der Waals surface area (Å²) in [6, 6.07) is -23.8. The number of alkyl halides is 17. The topological polar surface area (TPSA) is 3.24 Å². The van der Waals surface area contributed by atoms with Crippen LogP contribution < -0.4 is 0 Å². The zero-order valence-corrected chi connectivity index (χ0v) is 11.6. The molecule has 1 rings (SSSR count). The van der Waals surface area contributed by atoms with Gasteiger partial charge in [-0.25, -0.2) is 0 Å². The van der Waals surface area contributed by atoms with E-state index in [-0.39, 0.29) is 0 Å². The molecule has 1 aliphatic heterocycles. The van der Waals surface area contributed by atoms with Crippen LogP contribution in [0.3, 0.4) is 0 Å². The SMILES string of the molecule is FC(F)(Cl)C(F)(F)N1C(F)(F)C(F)(F)C(F)(F)C(F)(F)C(F)(F)C1(F)F. The Labute approximate surface area is 135 Å². The van der Waals surface area contributed by atoms with Gasteiger partial charge >= 0.3 is 47.2 Å². The van der Waals surface area contributed by atoms with Crippen molar-refractivity contribution < 1.29 is 70.2 Å². The van der Waals surface area contributed by atoms with Crippen LogP contribution >= 0.6 is 11.6 Å². The molecule has 0 aliphatic carbocycles. The summed E-state index contributed by atoms with van der Waals surface area (Å²) in [7, 11) is 0. The highest BCUT2D eigenvalue weighted by Crippen LogP contribution is 2.68. The van der Waals surface area contributed by atoms with E-state index in [0.717, 1.165) is 0 Å². The first kappa shape index (κ1) is 23.2. The van der Waals surface area contributed by atoms with E-state index in [2.05, 4.69) is 11.6 Å². The van der Waals surface area contributed by atoms with Gasteiger partial charge in [0.05, 0.1) is 0 Å². The Balaban J connectivity index is 4.10. The lowest BCUT2D eigenvalue weighted by atomic mass is 9.99. The lowest BCUT2D eigenvalue weighted by Crippen LogP contribution is -2.73. The van der Waals surface area contributed by atoms with Gasteiger partial charge in [0, 0.05) is 0 Å². The Bertz CT molecular complexity index is 537. The van der Waals surface area contributed by atoms with Gasteiger partial charge < -0.3 is 0 Å². The Morgan fingerprint density at radius 2 is 0.731 bits per heavy atom. The first-order valence-corrected chi connectivity index (χ1v) is 5.76. The van der Waals surface area contributed by atoms with E-state index in [1.54, 1.807) is 0 Å². The Kier molecular flexibility index (Phi) is 4.58. The van der Waals surface area contributed by atoms with Crippen molar-refractivity contribution in [1.29, 1.82) is 0 Å². The third-order valence-electron chi connectivity index (χ3n) is 3.12. The molecule has 0 bridgehead atoms. The summed E-state index contributed by atoms with van der Waals surface area (Å²) in [6.07, 6.45) is 0. The van der Waals surface area contributed by atoms with Crippen LogP contribution in [-0.4, -0.2) is 52.1 Å². The quantitative estimate of drug-likeness (QED) is 0.308. The van der Waals surface area contributed by atoms with E-state index in [9.17, 15) is 70.2 Å². The van der Waals surface area contributed by atoms with Gasteiger partial charge in [-0.1, -0.05) is 0 Å². The van der Waals surface area contributed by atoms with Crippen molar-refractivity contribution in [2.75, 3.05) is 0 Å². The fourth-order valence-corrected chi connectivity index (χ4v) is 1.79. The van der Waals surface area contributed by atoms with Gasteiger partial charge in [-0.2, -0.15) is 70.2 Å². The highest BCUT2D eigenvalue weighted by molar-refractivity contribution is 6.22. The second kappa shape index (κ2) is 5.14. The maximum atomic E-state index is 13.3. The van der Waals surface area contributed by atoms with Crippen molar-refractivity contribution >= 4 is 11.6 Å². The summed E-state index contributed by atoms with van der Waals surface area (Å²) in [4.78, 5) is -4.44. The largest absolute Gasteiger partial charge is 0.399 e.